The third-order valence-corrected chi connectivity index (χ3v) is 5.46. The van der Waals surface area contributed by atoms with E-state index in [0.717, 1.165) is 8.66 Å². The molecule has 102 valence electrons. The lowest BCUT2D eigenvalue weighted by Gasteiger charge is -2.09. The molecule has 2 N–H and O–H groups in total. The number of halogens is 1. The zero-order valence-electron chi connectivity index (χ0n) is 10.1. The molecule has 0 aliphatic heterocycles. The molecule has 0 radical (unpaired) electrons. The van der Waals surface area contributed by atoms with E-state index in [2.05, 4.69) is 31.0 Å². The summed E-state index contributed by atoms with van der Waals surface area (Å²) in [5.41, 5.74) is 0.523. The second kappa shape index (κ2) is 6.00. The Bertz CT molecular complexity index is 670. The fraction of sp³-hybridized carbons (Fsp3) is 0.182. The van der Waals surface area contributed by atoms with Gasteiger partial charge in [0.2, 0.25) is 10.0 Å². The van der Waals surface area contributed by atoms with Crippen LogP contribution in [-0.2, 0) is 16.6 Å². The van der Waals surface area contributed by atoms with Crippen molar-refractivity contribution in [1.29, 1.82) is 0 Å². The molecule has 2 aromatic heterocycles. The Kier molecular flexibility index (Phi) is 4.56. The molecule has 0 amide bonds. The van der Waals surface area contributed by atoms with Crippen molar-refractivity contribution in [3.8, 4) is 0 Å². The zero-order valence-corrected chi connectivity index (χ0v) is 13.3. The fourth-order valence-electron chi connectivity index (χ4n) is 1.49. The summed E-state index contributed by atoms with van der Waals surface area (Å²) in [4.78, 5) is 4.94. The molecule has 2 rings (SSSR count). The van der Waals surface area contributed by atoms with Crippen LogP contribution < -0.4 is 10.0 Å². The Labute approximate surface area is 124 Å². The molecule has 0 unspecified atom stereocenters. The fourth-order valence-corrected chi connectivity index (χ4v) is 4.17. The van der Waals surface area contributed by atoms with Crippen molar-refractivity contribution in [3.63, 3.8) is 0 Å². The number of nitrogens with one attached hydrogen (secondary N) is 2. The van der Waals surface area contributed by atoms with Crippen LogP contribution in [0, 0.1) is 0 Å². The van der Waals surface area contributed by atoms with Gasteiger partial charge in [-0.15, -0.1) is 11.3 Å². The predicted octanol–water partition coefficient (Wildman–Crippen LogP) is 2.43. The Morgan fingerprint density at radius 3 is 2.79 bits per heavy atom. The molecule has 19 heavy (non-hydrogen) atoms. The van der Waals surface area contributed by atoms with Crippen LogP contribution in [0.4, 0.5) is 5.69 Å². The third-order valence-electron chi connectivity index (χ3n) is 2.41. The average molecular weight is 362 g/mol. The highest BCUT2D eigenvalue weighted by atomic mass is 79.9. The zero-order chi connectivity index (χ0) is 13.9. The second-order valence-corrected chi connectivity index (χ2v) is 7.94. The lowest BCUT2D eigenvalue weighted by molar-refractivity contribution is 0.581. The maximum Gasteiger partial charge on any atom is 0.244 e. The minimum Gasteiger partial charge on any atom is -0.387 e. The van der Waals surface area contributed by atoms with E-state index in [1.54, 1.807) is 19.3 Å². The van der Waals surface area contributed by atoms with Gasteiger partial charge >= 0.3 is 0 Å². The number of hydrogen-bond acceptors (Lipinski definition) is 5. The maximum absolute atomic E-state index is 12.2. The van der Waals surface area contributed by atoms with E-state index >= 15 is 0 Å². The summed E-state index contributed by atoms with van der Waals surface area (Å²) < 4.78 is 27.9. The van der Waals surface area contributed by atoms with Crippen molar-refractivity contribution in [2.75, 3.05) is 12.4 Å². The highest BCUT2D eigenvalue weighted by Crippen LogP contribution is 2.23. The molecule has 8 heteroatoms. The minimum absolute atomic E-state index is 0.146. The minimum atomic E-state index is -3.58. The number of thiophene rings is 1. The van der Waals surface area contributed by atoms with Gasteiger partial charge < -0.3 is 5.32 Å². The number of pyridine rings is 1. The molecule has 2 aromatic rings. The van der Waals surface area contributed by atoms with Crippen LogP contribution in [0.25, 0.3) is 0 Å². The standard InChI is InChI=1S/C11H12BrN3O2S2/c1-13-9-4-5-14-7-10(9)19(16,17)15-6-8-2-3-11(12)18-8/h2-5,7,15H,6H2,1H3,(H,13,14). The van der Waals surface area contributed by atoms with Crippen molar-refractivity contribution in [2.45, 2.75) is 11.4 Å². The summed E-state index contributed by atoms with van der Waals surface area (Å²) in [5.74, 6) is 0. The van der Waals surface area contributed by atoms with E-state index in [4.69, 9.17) is 0 Å². The molecule has 5 nitrogen and oxygen atoms in total. The van der Waals surface area contributed by atoms with Gasteiger partial charge in [0.25, 0.3) is 0 Å². The summed E-state index contributed by atoms with van der Waals surface area (Å²) in [7, 11) is -1.90. The van der Waals surface area contributed by atoms with Gasteiger partial charge in [-0.2, -0.15) is 0 Å². The highest BCUT2D eigenvalue weighted by molar-refractivity contribution is 9.11. The van der Waals surface area contributed by atoms with Crippen LogP contribution in [0.5, 0.6) is 0 Å². The average Bonchev–Trinajstić information content (AvgIpc) is 2.82. The van der Waals surface area contributed by atoms with Gasteiger partial charge in [0, 0.05) is 30.9 Å². The molecule has 0 spiro atoms. The van der Waals surface area contributed by atoms with Gasteiger partial charge in [0.05, 0.1) is 9.47 Å². The molecule has 0 aliphatic carbocycles. The van der Waals surface area contributed by atoms with Crippen molar-refractivity contribution in [1.82, 2.24) is 9.71 Å². The summed E-state index contributed by atoms with van der Waals surface area (Å²) in [6.07, 6.45) is 2.87. The van der Waals surface area contributed by atoms with Crippen LogP contribution >= 0.6 is 27.3 Å². The highest BCUT2D eigenvalue weighted by Gasteiger charge is 2.18. The summed E-state index contributed by atoms with van der Waals surface area (Å²) in [6, 6.07) is 5.38. The lowest BCUT2D eigenvalue weighted by atomic mass is 10.4. The molecule has 0 atom stereocenters. The summed E-state index contributed by atoms with van der Waals surface area (Å²) >= 11 is 4.83. The monoisotopic (exact) mass is 361 g/mol. The van der Waals surface area contributed by atoms with Gasteiger partial charge in [-0.05, 0) is 34.1 Å². The van der Waals surface area contributed by atoms with Gasteiger partial charge in [0.1, 0.15) is 4.90 Å². The number of rotatable bonds is 5. The van der Waals surface area contributed by atoms with Crippen molar-refractivity contribution in [2.24, 2.45) is 0 Å². The number of anilines is 1. The topological polar surface area (TPSA) is 71.1 Å². The summed E-state index contributed by atoms with van der Waals surface area (Å²) in [5, 5.41) is 2.84. The van der Waals surface area contributed by atoms with E-state index < -0.39 is 10.0 Å². The first-order valence-electron chi connectivity index (χ1n) is 5.38. The Morgan fingerprint density at radius 2 is 2.16 bits per heavy atom. The van der Waals surface area contributed by atoms with E-state index in [-0.39, 0.29) is 11.4 Å². The number of aromatic nitrogens is 1. The van der Waals surface area contributed by atoms with Crippen LogP contribution in [0.3, 0.4) is 0 Å². The van der Waals surface area contributed by atoms with Crippen LogP contribution in [-0.4, -0.2) is 20.4 Å². The Morgan fingerprint density at radius 1 is 1.37 bits per heavy atom. The molecule has 2 heterocycles. The van der Waals surface area contributed by atoms with Crippen LogP contribution in [0.1, 0.15) is 4.88 Å². The number of hydrogen-bond donors (Lipinski definition) is 2. The third kappa shape index (κ3) is 3.53. The second-order valence-electron chi connectivity index (χ2n) is 3.65. The molecule has 0 saturated heterocycles. The maximum atomic E-state index is 12.2. The SMILES string of the molecule is CNc1ccncc1S(=O)(=O)NCc1ccc(Br)s1. The molecule has 0 fully saturated rings. The molecular formula is C11H12BrN3O2S2. The van der Waals surface area contributed by atoms with Gasteiger partial charge in [-0.3, -0.25) is 4.98 Å². The van der Waals surface area contributed by atoms with Crippen molar-refractivity contribution >= 4 is 43.0 Å². The smallest absolute Gasteiger partial charge is 0.244 e. The predicted molar refractivity (Wildman–Crippen MR) is 79.8 cm³/mol. The van der Waals surface area contributed by atoms with Crippen molar-refractivity contribution < 1.29 is 8.42 Å². The molecular weight excluding hydrogens is 350 g/mol. The van der Waals surface area contributed by atoms with E-state index in [1.165, 1.54) is 17.5 Å². The molecule has 0 saturated carbocycles. The van der Waals surface area contributed by atoms with Crippen LogP contribution in [0.15, 0.2) is 39.3 Å². The number of sulfonamides is 1. The van der Waals surface area contributed by atoms with Gasteiger partial charge in [-0.25, -0.2) is 13.1 Å². The van der Waals surface area contributed by atoms with E-state index in [0.29, 0.717) is 5.69 Å². The first kappa shape index (κ1) is 14.4. The summed E-state index contributed by atoms with van der Waals surface area (Å²) in [6.45, 7) is 0.261. The molecule has 0 aromatic carbocycles. The quantitative estimate of drug-likeness (QED) is 0.857. The lowest BCUT2D eigenvalue weighted by Crippen LogP contribution is -2.23. The van der Waals surface area contributed by atoms with Gasteiger partial charge in [-0.1, -0.05) is 0 Å². The first-order valence-corrected chi connectivity index (χ1v) is 8.48. The first-order chi connectivity index (χ1) is 9.03. The number of nitrogens with zero attached hydrogens (tertiary/aromatic N) is 1. The largest absolute Gasteiger partial charge is 0.387 e. The molecule has 0 aliphatic rings. The van der Waals surface area contributed by atoms with Crippen LogP contribution in [0.2, 0.25) is 0 Å². The Balaban J connectivity index is 2.18. The van der Waals surface area contributed by atoms with E-state index in [1.807, 2.05) is 12.1 Å². The normalized spacial score (nSPS) is 11.5. The van der Waals surface area contributed by atoms with Gasteiger partial charge in [0.15, 0.2) is 0 Å². The Hall–Kier alpha value is -0.960. The van der Waals surface area contributed by atoms with E-state index in [9.17, 15) is 8.42 Å². The molecule has 0 bridgehead atoms. The van der Waals surface area contributed by atoms with Crippen molar-refractivity contribution in [3.05, 3.63) is 39.3 Å².